The minimum Gasteiger partial charge on any atom is -0.353 e. The zero-order valence-electron chi connectivity index (χ0n) is 11.3. The number of nitrogens with one attached hydrogen (secondary N) is 1. The summed E-state index contributed by atoms with van der Waals surface area (Å²) in [6, 6.07) is 0.388. The molecular formula is C12H22BrN5. The van der Waals surface area contributed by atoms with Crippen LogP contribution in [0.4, 0.5) is 11.8 Å². The zero-order valence-corrected chi connectivity index (χ0v) is 12.9. The summed E-state index contributed by atoms with van der Waals surface area (Å²) >= 11 is 3.50. The van der Waals surface area contributed by atoms with E-state index in [1.165, 1.54) is 12.8 Å². The number of hydrogen-bond acceptors (Lipinski definition) is 5. The number of nitrogens with zero attached hydrogens (tertiary/aromatic N) is 3. The molecule has 18 heavy (non-hydrogen) atoms. The zero-order chi connectivity index (χ0) is 13.5. The van der Waals surface area contributed by atoms with Gasteiger partial charge in [-0.1, -0.05) is 19.8 Å². The third kappa shape index (κ3) is 4.10. The SMILES string of the molecule is CCCCCN(c1nc(NN)ncc1Br)C(C)C. The highest BCUT2D eigenvalue weighted by Gasteiger charge is 2.16. The van der Waals surface area contributed by atoms with Crippen molar-refractivity contribution in [3.05, 3.63) is 10.7 Å². The maximum Gasteiger partial charge on any atom is 0.239 e. The van der Waals surface area contributed by atoms with Gasteiger partial charge in [0.15, 0.2) is 0 Å². The second-order valence-corrected chi connectivity index (χ2v) is 5.36. The van der Waals surface area contributed by atoms with Crippen LogP contribution in [0.2, 0.25) is 0 Å². The minimum atomic E-state index is 0.388. The van der Waals surface area contributed by atoms with Gasteiger partial charge in [-0.25, -0.2) is 10.8 Å². The van der Waals surface area contributed by atoms with Crippen molar-refractivity contribution in [1.82, 2.24) is 9.97 Å². The second kappa shape index (κ2) is 7.53. The third-order valence-corrected chi connectivity index (χ3v) is 3.31. The number of hydrazine groups is 1. The molecule has 0 aliphatic heterocycles. The lowest BCUT2D eigenvalue weighted by Gasteiger charge is -2.28. The van der Waals surface area contributed by atoms with E-state index < -0.39 is 0 Å². The van der Waals surface area contributed by atoms with Gasteiger partial charge in [-0.3, -0.25) is 5.43 Å². The Morgan fingerprint density at radius 2 is 2.17 bits per heavy atom. The minimum absolute atomic E-state index is 0.388. The Bertz CT molecular complexity index is 369. The predicted molar refractivity (Wildman–Crippen MR) is 79.5 cm³/mol. The highest BCUT2D eigenvalue weighted by molar-refractivity contribution is 9.10. The van der Waals surface area contributed by atoms with E-state index in [1.807, 2.05) is 0 Å². The molecule has 6 heteroatoms. The monoisotopic (exact) mass is 315 g/mol. The van der Waals surface area contributed by atoms with Gasteiger partial charge in [0, 0.05) is 18.8 Å². The van der Waals surface area contributed by atoms with E-state index in [1.54, 1.807) is 6.20 Å². The van der Waals surface area contributed by atoms with E-state index >= 15 is 0 Å². The van der Waals surface area contributed by atoms with Crippen molar-refractivity contribution in [2.75, 3.05) is 16.9 Å². The maximum atomic E-state index is 5.36. The van der Waals surface area contributed by atoms with Gasteiger partial charge in [-0.05, 0) is 36.2 Å². The molecule has 0 unspecified atom stereocenters. The van der Waals surface area contributed by atoms with Gasteiger partial charge in [0.2, 0.25) is 5.95 Å². The van der Waals surface area contributed by atoms with Gasteiger partial charge in [0.1, 0.15) is 5.82 Å². The van der Waals surface area contributed by atoms with E-state index in [-0.39, 0.29) is 0 Å². The molecule has 0 aromatic carbocycles. The molecule has 0 aliphatic carbocycles. The van der Waals surface area contributed by atoms with Crippen LogP contribution in [0.25, 0.3) is 0 Å². The molecule has 1 aromatic rings. The van der Waals surface area contributed by atoms with Gasteiger partial charge in [-0.15, -0.1) is 0 Å². The van der Waals surface area contributed by atoms with Crippen molar-refractivity contribution in [1.29, 1.82) is 0 Å². The molecule has 0 atom stereocenters. The fourth-order valence-corrected chi connectivity index (χ4v) is 2.19. The summed E-state index contributed by atoms with van der Waals surface area (Å²) in [5.74, 6) is 6.69. The molecular weight excluding hydrogens is 294 g/mol. The molecule has 1 aromatic heterocycles. The third-order valence-electron chi connectivity index (χ3n) is 2.75. The molecule has 0 saturated heterocycles. The smallest absolute Gasteiger partial charge is 0.239 e. The highest BCUT2D eigenvalue weighted by atomic mass is 79.9. The number of nitrogen functional groups attached to an aromatic ring is 1. The van der Waals surface area contributed by atoms with Crippen molar-refractivity contribution < 1.29 is 0 Å². The van der Waals surface area contributed by atoms with E-state index in [4.69, 9.17) is 5.84 Å². The lowest BCUT2D eigenvalue weighted by Crippen LogP contribution is -2.33. The molecule has 5 nitrogen and oxygen atoms in total. The Morgan fingerprint density at radius 3 is 2.72 bits per heavy atom. The molecule has 0 saturated carbocycles. The fraction of sp³-hybridized carbons (Fsp3) is 0.667. The van der Waals surface area contributed by atoms with Gasteiger partial charge in [-0.2, -0.15) is 4.98 Å². The summed E-state index contributed by atoms with van der Waals surface area (Å²) in [6.45, 7) is 7.52. The van der Waals surface area contributed by atoms with Gasteiger partial charge >= 0.3 is 0 Å². The van der Waals surface area contributed by atoms with Crippen LogP contribution in [-0.4, -0.2) is 22.6 Å². The maximum absolute atomic E-state index is 5.36. The number of rotatable bonds is 7. The summed E-state index contributed by atoms with van der Waals surface area (Å²) < 4.78 is 0.895. The average molecular weight is 316 g/mol. The second-order valence-electron chi connectivity index (χ2n) is 4.50. The van der Waals surface area contributed by atoms with Gasteiger partial charge < -0.3 is 4.90 Å². The molecule has 3 N–H and O–H groups in total. The number of anilines is 2. The molecule has 1 rings (SSSR count). The van der Waals surface area contributed by atoms with Gasteiger partial charge in [0.25, 0.3) is 0 Å². The summed E-state index contributed by atoms with van der Waals surface area (Å²) in [5, 5.41) is 0. The summed E-state index contributed by atoms with van der Waals surface area (Å²) in [5.41, 5.74) is 2.49. The number of hydrogen-bond donors (Lipinski definition) is 2. The van der Waals surface area contributed by atoms with E-state index in [9.17, 15) is 0 Å². The van der Waals surface area contributed by atoms with Crippen molar-refractivity contribution in [2.24, 2.45) is 5.84 Å². The Balaban J connectivity index is 2.90. The largest absolute Gasteiger partial charge is 0.353 e. The van der Waals surface area contributed by atoms with Crippen LogP contribution < -0.4 is 16.2 Å². The number of nitrogens with two attached hydrogens (primary N) is 1. The first kappa shape index (κ1) is 15.2. The molecule has 0 radical (unpaired) electrons. The Hall–Kier alpha value is -0.880. The molecule has 0 amide bonds. The number of unbranched alkanes of at least 4 members (excludes halogenated alkanes) is 2. The summed E-state index contributed by atoms with van der Waals surface area (Å²) in [4.78, 5) is 10.8. The lowest BCUT2D eigenvalue weighted by molar-refractivity contribution is 0.618. The van der Waals surface area contributed by atoms with Crippen molar-refractivity contribution in [3.8, 4) is 0 Å². The standard InChI is InChI=1S/C12H22BrN5/c1-4-5-6-7-18(9(2)3)11-10(13)8-15-12(16-11)17-14/h8-9H,4-7,14H2,1-3H3,(H,15,16,17). The Labute approximate surface area is 117 Å². The van der Waals surface area contributed by atoms with Crippen LogP contribution >= 0.6 is 15.9 Å². The highest BCUT2D eigenvalue weighted by Crippen LogP contribution is 2.26. The molecule has 102 valence electrons. The fourth-order valence-electron chi connectivity index (χ4n) is 1.77. The summed E-state index contributed by atoms with van der Waals surface area (Å²) in [7, 11) is 0. The predicted octanol–water partition coefficient (Wildman–Crippen LogP) is 2.93. The molecule has 0 fully saturated rings. The van der Waals surface area contributed by atoms with Crippen LogP contribution in [0.5, 0.6) is 0 Å². The first-order valence-electron chi connectivity index (χ1n) is 6.36. The van der Waals surface area contributed by atoms with Crippen LogP contribution in [0, 0.1) is 0 Å². The van der Waals surface area contributed by atoms with E-state index in [0.717, 1.165) is 23.3 Å². The van der Waals surface area contributed by atoms with Crippen LogP contribution in [0.15, 0.2) is 10.7 Å². The summed E-state index contributed by atoms with van der Waals surface area (Å²) in [6.07, 6.45) is 5.34. The molecule has 0 bridgehead atoms. The molecule has 0 spiro atoms. The first-order chi connectivity index (χ1) is 8.60. The Morgan fingerprint density at radius 1 is 1.44 bits per heavy atom. The normalized spacial score (nSPS) is 10.8. The average Bonchev–Trinajstić information content (AvgIpc) is 2.35. The quantitative estimate of drug-likeness (QED) is 0.460. The van der Waals surface area contributed by atoms with Crippen LogP contribution in [-0.2, 0) is 0 Å². The van der Waals surface area contributed by atoms with Crippen LogP contribution in [0.3, 0.4) is 0 Å². The van der Waals surface area contributed by atoms with Crippen molar-refractivity contribution in [3.63, 3.8) is 0 Å². The number of halogens is 1. The van der Waals surface area contributed by atoms with Crippen molar-refractivity contribution in [2.45, 2.75) is 46.1 Å². The van der Waals surface area contributed by atoms with E-state index in [2.05, 4.69) is 57.0 Å². The number of aromatic nitrogens is 2. The van der Waals surface area contributed by atoms with Crippen molar-refractivity contribution >= 4 is 27.7 Å². The van der Waals surface area contributed by atoms with E-state index in [0.29, 0.717) is 12.0 Å². The topological polar surface area (TPSA) is 67.1 Å². The molecule has 0 aliphatic rings. The lowest BCUT2D eigenvalue weighted by atomic mass is 10.2. The van der Waals surface area contributed by atoms with Crippen LogP contribution in [0.1, 0.15) is 40.0 Å². The Kier molecular flexibility index (Phi) is 6.35. The molecule has 1 heterocycles. The van der Waals surface area contributed by atoms with Gasteiger partial charge in [0.05, 0.1) is 4.47 Å². The first-order valence-corrected chi connectivity index (χ1v) is 7.15.